The summed E-state index contributed by atoms with van der Waals surface area (Å²) in [5.74, 6) is -0.104. The molecule has 0 unspecified atom stereocenters. The summed E-state index contributed by atoms with van der Waals surface area (Å²) in [4.78, 5) is 25.1. The van der Waals surface area contributed by atoms with Crippen molar-refractivity contribution in [1.82, 2.24) is 19.2 Å². The average Bonchev–Trinajstić information content (AvgIpc) is 3.37. The average molecular weight is 581 g/mol. The Kier molecular flexibility index (Phi) is 7.79. The Hall–Kier alpha value is -3.72. The van der Waals surface area contributed by atoms with Gasteiger partial charge in [0.15, 0.2) is 0 Å². The molecule has 2 aliphatic rings. The van der Waals surface area contributed by atoms with Gasteiger partial charge in [0, 0.05) is 49.8 Å². The van der Waals surface area contributed by atoms with Gasteiger partial charge < -0.3 is 10.0 Å². The lowest BCUT2D eigenvalue weighted by molar-refractivity contribution is 0.0728. The van der Waals surface area contributed by atoms with Crippen LogP contribution in [-0.2, 0) is 30.5 Å². The van der Waals surface area contributed by atoms with Crippen molar-refractivity contribution in [3.63, 3.8) is 0 Å². The number of amides is 1. The molecule has 0 bridgehead atoms. The molecule has 0 saturated heterocycles. The molecule has 1 N–H and O–H groups in total. The fourth-order valence-corrected chi connectivity index (χ4v) is 7.42. The second-order valence-corrected chi connectivity index (χ2v) is 14.1. The maximum Gasteiger partial charge on any atom is 0.272 e. The first-order chi connectivity index (χ1) is 20.2. The zero-order valence-corrected chi connectivity index (χ0v) is 25.1. The molecule has 2 aromatic heterocycles. The number of aliphatic hydroxyl groups excluding tert-OH is 1. The predicted molar refractivity (Wildman–Crippen MR) is 166 cm³/mol. The number of carbonyl (C=O) groups is 1. The zero-order chi connectivity index (χ0) is 29.4. The lowest BCUT2D eigenvalue weighted by atomic mass is 9.94. The van der Waals surface area contributed by atoms with E-state index in [1.807, 2.05) is 78.5 Å². The van der Waals surface area contributed by atoms with Crippen LogP contribution in [0.3, 0.4) is 0 Å². The van der Waals surface area contributed by atoms with Crippen molar-refractivity contribution in [1.29, 1.82) is 0 Å². The summed E-state index contributed by atoms with van der Waals surface area (Å²) in [5, 5.41) is 10.1. The Balaban J connectivity index is 1.47. The molecule has 1 amide bonds. The van der Waals surface area contributed by atoms with E-state index < -0.39 is 15.7 Å². The number of benzene rings is 2. The Morgan fingerprint density at radius 1 is 0.929 bits per heavy atom. The molecular formula is C34H36N4O3S. The van der Waals surface area contributed by atoms with E-state index in [-0.39, 0.29) is 18.6 Å². The van der Waals surface area contributed by atoms with E-state index in [2.05, 4.69) is 23.2 Å². The number of fused-ring (bicyclic) bond motifs is 2. The lowest BCUT2D eigenvalue weighted by Crippen LogP contribution is -2.36. The molecule has 7 nitrogen and oxygen atoms in total. The second kappa shape index (κ2) is 11.5. The zero-order valence-electron chi connectivity index (χ0n) is 24.3. The van der Waals surface area contributed by atoms with E-state index in [1.165, 1.54) is 11.1 Å². The number of aliphatic hydroxyl groups is 1. The van der Waals surface area contributed by atoms with Gasteiger partial charge in [-0.05, 0) is 85.7 Å². The maximum atomic E-state index is 14.0. The van der Waals surface area contributed by atoms with Gasteiger partial charge in [0.25, 0.3) is 5.91 Å². The minimum Gasteiger partial charge on any atom is -0.396 e. The van der Waals surface area contributed by atoms with Crippen LogP contribution in [0, 0.1) is 0 Å². The Bertz CT molecular complexity index is 1650. The molecule has 2 aliphatic heterocycles. The molecule has 0 saturated carbocycles. The minimum absolute atomic E-state index is 0.0493. The van der Waals surface area contributed by atoms with E-state index in [0.717, 1.165) is 34.2 Å². The topological polar surface area (TPSA) is 86.6 Å². The van der Waals surface area contributed by atoms with Crippen LogP contribution in [0.1, 0.15) is 66.0 Å². The summed E-state index contributed by atoms with van der Waals surface area (Å²) in [7, 11) is -1.32. The number of rotatable bonds is 6. The number of pyridine rings is 2. The second-order valence-electron chi connectivity index (χ2n) is 12.0. The van der Waals surface area contributed by atoms with Crippen LogP contribution in [-0.4, -0.2) is 52.3 Å². The standard InChI is InChI=1S/C34H36N4O3S/c1-34(2,3)42(41)38-22-28-20-29(33(40)37-17-13-23-7-4-5-8-27(23)21-37)36-32(31(28)30(38)14-18-39)26-10-6-9-25(19-26)24-11-15-35-16-12-24/h4-12,15-16,19-20,30,39H,13-14,17-18,21-22H2,1-3H3/t30-,42-/m1/s1. The summed E-state index contributed by atoms with van der Waals surface area (Å²) in [6, 6.07) is 21.9. The quantitative estimate of drug-likeness (QED) is 0.316. The SMILES string of the molecule is CC(C)(C)[S@@](=O)N1Cc2cc(C(=O)N3CCc4ccccc4C3)nc(-c3cccc(-c4ccncc4)c3)c2[C@H]1CCO. The molecule has 6 rings (SSSR count). The molecule has 0 aliphatic carbocycles. The van der Waals surface area contributed by atoms with Gasteiger partial charge in [0.1, 0.15) is 16.7 Å². The van der Waals surface area contributed by atoms with Crippen LogP contribution in [0.15, 0.2) is 79.1 Å². The third-order valence-corrected chi connectivity index (χ3v) is 9.93. The van der Waals surface area contributed by atoms with Crippen LogP contribution in [0.25, 0.3) is 22.4 Å². The van der Waals surface area contributed by atoms with E-state index >= 15 is 0 Å². The van der Waals surface area contributed by atoms with Gasteiger partial charge in [-0.3, -0.25) is 9.78 Å². The third-order valence-electron chi connectivity index (χ3n) is 8.08. The van der Waals surface area contributed by atoms with Crippen molar-refractivity contribution in [2.45, 2.75) is 57.5 Å². The molecule has 8 heteroatoms. The van der Waals surface area contributed by atoms with Gasteiger partial charge in [0.05, 0.1) is 16.5 Å². The Labute approximate surface area is 249 Å². The fraction of sp³-hybridized carbons (Fsp3) is 0.324. The number of hydrogen-bond donors (Lipinski definition) is 1. The largest absolute Gasteiger partial charge is 0.396 e. The van der Waals surface area contributed by atoms with Crippen molar-refractivity contribution in [3.8, 4) is 22.4 Å². The molecule has 2 atom stereocenters. The number of nitrogens with zero attached hydrogens (tertiary/aromatic N) is 4. The fourth-order valence-electron chi connectivity index (χ4n) is 6.02. The van der Waals surface area contributed by atoms with E-state index in [9.17, 15) is 14.1 Å². The summed E-state index contributed by atoms with van der Waals surface area (Å²) in [6.07, 6.45) is 4.77. The van der Waals surface area contributed by atoms with Crippen LogP contribution < -0.4 is 0 Å². The first-order valence-electron chi connectivity index (χ1n) is 14.4. The van der Waals surface area contributed by atoms with Crippen LogP contribution in [0.2, 0.25) is 0 Å². The highest BCUT2D eigenvalue weighted by atomic mass is 32.2. The molecule has 2 aromatic carbocycles. The molecule has 42 heavy (non-hydrogen) atoms. The summed E-state index contributed by atoms with van der Waals surface area (Å²) >= 11 is 0. The number of carbonyl (C=O) groups excluding carboxylic acids is 1. The van der Waals surface area contributed by atoms with Gasteiger partial charge in [-0.15, -0.1) is 0 Å². The molecule has 216 valence electrons. The van der Waals surface area contributed by atoms with Gasteiger partial charge in [-0.2, -0.15) is 0 Å². The molecule has 0 fully saturated rings. The molecule has 4 aromatic rings. The van der Waals surface area contributed by atoms with Gasteiger partial charge in [-0.25, -0.2) is 13.5 Å². The Morgan fingerprint density at radius 3 is 2.40 bits per heavy atom. The maximum absolute atomic E-state index is 14.0. The first-order valence-corrected chi connectivity index (χ1v) is 15.6. The van der Waals surface area contributed by atoms with Crippen molar-refractivity contribution < 1.29 is 14.1 Å². The highest BCUT2D eigenvalue weighted by molar-refractivity contribution is 7.84. The highest BCUT2D eigenvalue weighted by Crippen LogP contribution is 2.44. The third kappa shape index (κ3) is 5.42. The normalized spacial score (nSPS) is 17.5. The van der Waals surface area contributed by atoms with Crippen LogP contribution >= 0.6 is 0 Å². The predicted octanol–water partition coefficient (Wildman–Crippen LogP) is 5.71. The molecule has 0 radical (unpaired) electrons. The van der Waals surface area contributed by atoms with Crippen molar-refractivity contribution in [2.75, 3.05) is 13.2 Å². The van der Waals surface area contributed by atoms with E-state index in [0.29, 0.717) is 37.4 Å². The van der Waals surface area contributed by atoms with Gasteiger partial charge in [-0.1, -0.05) is 42.5 Å². The first kappa shape index (κ1) is 28.4. The summed E-state index contributed by atoms with van der Waals surface area (Å²) < 4.78 is 15.2. The monoisotopic (exact) mass is 580 g/mol. The van der Waals surface area contributed by atoms with Crippen LogP contribution in [0.5, 0.6) is 0 Å². The van der Waals surface area contributed by atoms with Crippen molar-refractivity contribution in [2.24, 2.45) is 0 Å². The van der Waals surface area contributed by atoms with Crippen LogP contribution in [0.4, 0.5) is 0 Å². The van der Waals surface area contributed by atoms with E-state index in [1.54, 1.807) is 12.4 Å². The van der Waals surface area contributed by atoms with Gasteiger partial charge >= 0.3 is 0 Å². The summed E-state index contributed by atoms with van der Waals surface area (Å²) in [5.41, 5.74) is 8.35. The van der Waals surface area contributed by atoms with Gasteiger partial charge in [0.2, 0.25) is 0 Å². The smallest absolute Gasteiger partial charge is 0.272 e. The minimum atomic E-state index is -1.32. The van der Waals surface area contributed by atoms with Crippen molar-refractivity contribution >= 4 is 16.9 Å². The Morgan fingerprint density at radius 2 is 1.67 bits per heavy atom. The van der Waals surface area contributed by atoms with E-state index in [4.69, 9.17) is 4.98 Å². The van der Waals surface area contributed by atoms with Crippen molar-refractivity contribution in [3.05, 3.63) is 107 Å². The molecule has 4 heterocycles. The number of hydrogen-bond acceptors (Lipinski definition) is 5. The highest BCUT2D eigenvalue weighted by Gasteiger charge is 2.40. The lowest BCUT2D eigenvalue weighted by Gasteiger charge is -2.30. The summed E-state index contributed by atoms with van der Waals surface area (Å²) in [6.45, 7) is 7.44. The molecule has 0 spiro atoms. The number of aromatic nitrogens is 2. The molecular weight excluding hydrogens is 544 g/mol.